The molecule has 1 aliphatic heterocycles. The SMILES string of the molecule is COc1ccccc1N1CCN([C@H](CN)c2ccc(C)cc2)CC1. The number of aryl methyl sites for hydroxylation is 1. The second-order valence-electron chi connectivity index (χ2n) is 6.36. The number of para-hydroxylation sites is 2. The Bertz CT molecular complexity index is 648. The van der Waals surface area contributed by atoms with Gasteiger partial charge in [-0.15, -0.1) is 0 Å². The topological polar surface area (TPSA) is 41.7 Å². The van der Waals surface area contributed by atoms with Crippen molar-refractivity contribution >= 4 is 5.69 Å². The lowest BCUT2D eigenvalue weighted by Crippen LogP contribution is -2.49. The quantitative estimate of drug-likeness (QED) is 0.918. The van der Waals surface area contributed by atoms with E-state index in [0.717, 1.165) is 31.9 Å². The van der Waals surface area contributed by atoms with E-state index in [1.807, 2.05) is 12.1 Å². The van der Waals surface area contributed by atoms with E-state index >= 15 is 0 Å². The predicted molar refractivity (Wildman–Crippen MR) is 99.8 cm³/mol. The lowest BCUT2D eigenvalue weighted by molar-refractivity contribution is 0.190. The van der Waals surface area contributed by atoms with Gasteiger partial charge in [0.15, 0.2) is 0 Å². The molecule has 3 rings (SSSR count). The Morgan fingerprint density at radius 2 is 1.67 bits per heavy atom. The first kappa shape index (κ1) is 16.8. The average Bonchev–Trinajstić information content (AvgIpc) is 2.64. The molecule has 0 amide bonds. The number of hydrogen-bond donors (Lipinski definition) is 1. The second kappa shape index (κ2) is 7.69. The Hall–Kier alpha value is -2.04. The Morgan fingerprint density at radius 1 is 1.00 bits per heavy atom. The van der Waals surface area contributed by atoms with Crippen molar-refractivity contribution in [1.29, 1.82) is 0 Å². The summed E-state index contributed by atoms with van der Waals surface area (Å²) in [7, 11) is 1.73. The molecule has 1 atom stereocenters. The number of nitrogens with two attached hydrogens (primary N) is 1. The number of piperazine rings is 1. The van der Waals surface area contributed by atoms with Gasteiger partial charge >= 0.3 is 0 Å². The van der Waals surface area contributed by atoms with Crippen LogP contribution in [0.5, 0.6) is 5.75 Å². The first-order valence-corrected chi connectivity index (χ1v) is 8.61. The number of ether oxygens (including phenoxy) is 1. The molecule has 1 fully saturated rings. The van der Waals surface area contributed by atoms with E-state index in [-0.39, 0.29) is 0 Å². The number of rotatable bonds is 5. The number of hydrogen-bond acceptors (Lipinski definition) is 4. The largest absolute Gasteiger partial charge is 0.495 e. The summed E-state index contributed by atoms with van der Waals surface area (Å²) in [6.45, 7) is 6.76. The summed E-state index contributed by atoms with van der Waals surface area (Å²) in [5, 5.41) is 0. The maximum absolute atomic E-state index is 6.09. The average molecular weight is 325 g/mol. The highest BCUT2D eigenvalue weighted by Gasteiger charge is 2.25. The Balaban J connectivity index is 1.68. The molecule has 0 radical (unpaired) electrons. The Morgan fingerprint density at radius 3 is 2.29 bits per heavy atom. The van der Waals surface area contributed by atoms with Crippen LogP contribution in [0.1, 0.15) is 17.2 Å². The van der Waals surface area contributed by atoms with Gasteiger partial charge in [0.1, 0.15) is 5.75 Å². The summed E-state index contributed by atoms with van der Waals surface area (Å²) >= 11 is 0. The van der Waals surface area contributed by atoms with Crippen molar-refractivity contribution in [3.8, 4) is 5.75 Å². The van der Waals surface area contributed by atoms with E-state index in [2.05, 4.69) is 53.1 Å². The Kier molecular flexibility index (Phi) is 5.38. The molecule has 4 heteroatoms. The minimum Gasteiger partial charge on any atom is -0.495 e. The highest BCUT2D eigenvalue weighted by Crippen LogP contribution is 2.30. The van der Waals surface area contributed by atoms with Crippen molar-refractivity contribution in [2.45, 2.75) is 13.0 Å². The molecule has 128 valence electrons. The first-order chi connectivity index (χ1) is 11.7. The van der Waals surface area contributed by atoms with Crippen LogP contribution in [0.3, 0.4) is 0 Å². The van der Waals surface area contributed by atoms with Gasteiger partial charge in [-0.1, -0.05) is 42.0 Å². The monoisotopic (exact) mass is 325 g/mol. The van der Waals surface area contributed by atoms with E-state index < -0.39 is 0 Å². The molecule has 1 saturated heterocycles. The van der Waals surface area contributed by atoms with Crippen LogP contribution in [0, 0.1) is 6.92 Å². The summed E-state index contributed by atoms with van der Waals surface area (Å²) in [6, 6.07) is 17.3. The van der Waals surface area contributed by atoms with Crippen molar-refractivity contribution in [3.63, 3.8) is 0 Å². The highest BCUT2D eigenvalue weighted by molar-refractivity contribution is 5.58. The van der Waals surface area contributed by atoms with Crippen molar-refractivity contribution in [3.05, 3.63) is 59.7 Å². The summed E-state index contributed by atoms with van der Waals surface area (Å²) in [5.74, 6) is 0.944. The van der Waals surface area contributed by atoms with Gasteiger partial charge in [-0.2, -0.15) is 0 Å². The summed E-state index contributed by atoms with van der Waals surface area (Å²) < 4.78 is 5.50. The number of nitrogens with zero attached hydrogens (tertiary/aromatic N) is 2. The van der Waals surface area contributed by atoms with Gasteiger partial charge in [0, 0.05) is 38.8 Å². The molecule has 2 aromatic rings. The first-order valence-electron chi connectivity index (χ1n) is 8.61. The van der Waals surface area contributed by atoms with Gasteiger partial charge in [0.05, 0.1) is 12.8 Å². The smallest absolute Gasteiger partial charge is 0.142 e. The van der Waals surface area contributed by atoms with Crippen LogP contribution in [0.2, 0.25) is 0 Å². The molecule has 0 saturated carbocycles. The van der Waals surface area contributed by atoms with E-state index in [9.17, 15) is 0 Å². The molecule has 0 bridgehead atoms. The maximum atomic E-state index is 6.09. The van der Waals surface area contributed by atoms with Gasteiger partial charge < -0.3 is 15.4 Å². The molecule has 2 aromatic carbocycles. The van der Waals surface area contributed by atoms with Crippen LogP contribution < -0.4 is 15.4 Å². The standard InChI is InChI=1S/C20H27N3O/c1-16-7-9-17(10-8-16)19(15-21)23-13-11-22(12-14-23)18-5-3-4-6-20(18)24-2/h3-10,19H,11-15,21H2,1-2H3/t19-/m1/s1. The predicted octanol–water partition coefficient (Wildman–Crippen LogP) is 2.83. The fourth-order valence-electron chi connectivity index (χ4n) is 3.45. The van der Waals surface area contributed by atoms with Crippen LogP contribution in [-0.4, -0.2) is 44.7 Å². The molecule has 1 heterocycles. The molecular formula is C20H27N3O. The molecule has 24 heavy (non-hydrogen) atoms. The normalized spacial score (nSPS) is 16.9. The molecule has 0 spiro atoms. The van der Waals surface area contributed by atoms with E-state index in [4.69, 9.17) is 10.5 Å². The molecule has 0 aromatic heterocycles. The minimum atomic E-state index is 0.297. The molecule has 4 nitrogen and oxygen atoms in total. The zero-order valence-electron chi connectivity index (χ0n) is 14.6. The zero-order valence-corrected chi connectivity index (χ0v) is 14.6. The second-order valence-corrected chi connectivity index (χ2v) is 6.36. The van der Waals surface area contributed by atoms with Crippen molar-refractivity contribution < 1.29 is 4.74 Å². The van der Waals surface area contributed by atoms with E-state index in [1.54, 1.807) is 7.11 Å². The summed E-state index contributed by atoms with van der Waals surface area (Å²) in [6.07, 6.45) is 0. The maximum Gasteiger partial charge on any atom is 0.142 e. The summed E-state index contributed by atoms with van der Waals surface area (Å²) in [4.78, 5) is 4.90. The molecule has 1 aliphatic rings. The van der Waals surface area contributed by atoms with Crippen LogP contribution in [-0.2, 0) is 0 Å². The summed E-state index contributed by atoms with van der Waals surface area (Å²) in [5.41, 5.74) is 9.87. The molecular weight excluding hydrogens is 298 g/mol. The number of benzene rings is 2. The van der Waals surface area contributed by atoms with Gasteiger partial charge in [0.2, 0.25) is 0 Å². The van der Waals surface area contributed by atoms with Crippen LogP contribution in [0.25, 0.3) is 0 Å². The van der Waals surface area contributed by atoms with Gasteiger partial charge in [-0.3, -0.25) is 4.90 Å². The number of methoxy groups -OCH3 is 1. The third kappa shape index (κ3) is 3.55. The van der Waals surface area contributed by atoms with Crippen molar-refractivity contribution in [2.75, 3.05) is 44.7 Å². The van der Waals surface area contributed by atoms with Gasteiger partial charge in [-0.25, -0.2) is 0 Å². The third-order valence-electron chi connectivity index (χ3n) is 4.87. The Labute approximate surface area is 144 Å². The fourth-order valence-corrected chi connectivity index (χ4v) is 3.45. The number of anilines is 1. The van der Waals surface area contributed by atoms with Crippen LogP contribution in [0.4, 0.5) is 5.69 Å². The van der Waals surface area contributed by atoms with Crippen molar-refractivity contribution in [1.82, 2.24) is 4.90 Å². The molecule has 0 aliphatic carbocycles. The minimum absolute atomic E-state index is 0.297. The van der Waals surface area contributed by atoms with Crippen molar-refractivity contribution in [2.24, 2.45) is 5.73 Å². The van der Waals surface area contributed by atoms with Crippen LogP contribution >= 0.6 is 0 Å². The zero-order chi connectivity index (χ0) is 16.9. The lowest BCUT2D eigenvalue weighted by Gasteiger charge is -2.40. The van der Waals surface area contributed by atoms with Crippen LogP contribution in [0.15, 0.2) is 48.5 Å². The van der Waals surface area contributed by atoms with Gasteiger partial charge in [-0.05, 0) is 24.6 Å². The highest BCUT2D eigenvalue weighted by atomic mass is 16.5. The van der Waals surface area contributed by atoms with E-state index in [0.29, 0.717) is 12.6 Å². The van der Waals surface area contributed by atoms with E-state index in [1.165, 1.54) is 16.8 Å². The lowest BCUT2D eigenvalue weighted by atomic mass is 10.0. The van der Waals surface area contributed by atoms with Gasteiger partial charge in [0.25, 0.3) is 0 Å². The fraction of sp³-hybridized carbons (Fsp3) is 0.400. The molecule has 2 N–H and O–H groups in total. The third-order valence-corrected chi connectivity index (χ3v) is 4.87. The molecule has 0 unspecified atom stereocenters.